The van der Waals surface area contributed by atoms with Gasteiger partial charge in [-0.05, 0) is 63.6 Å². The summed E-state index contributed by atoms with van der Waals surface area (Å²) in [7, 11) is 0. The fourth-order valence-corrected chi connectivity index (χ4v) is 3.58. The van der Waals surface area contributed by atoms with Gasteiger partial charge in [0, 0.05) is 6.04 Å². The van der Waals surface area contributed by atoms with Crippen molar-refractivity contribution in [3.8, 4) is 5.69 Å². The molecule has 1 N–H and O–H groups in total. The number of thioether (sulfide) groups is 1. The minimum absolute atomic E-state index is 0.0411. The van der Waals surface area contributed by atoms with Crippen LogP contribution < -0.4 is 5.32 Å². The summed E-state index contributed by atoms with van der Waals surface area (Å²) in [5.74, 6) is 1.86. The molecule has 0 saturated heterocycles. The average Bonchev–Trinajstić information content (AvgIpc) is 2.94. The smallest absolute Gasteiger partial charge is 0.230 e. The predicted octanol–water partition coefficient (Wildman–Crippen LogP) is 4.23. The predicted molar refractivity (Wildman–Crippen MR) is 108 cm³/mol. The van der Waals surface area contributed by atoms with Crippen LogP contribution in [-0.4, -0.2) is 32.5 Å². The molecule has 0 aliphatic rings. The number of carbonyl (C=O) groups is 1. The summed E-state index contributed by atoms with van der Waals surface area (Å²) in [4.78, 5) is 12.3. The summed E-state index contributed by atoms with van der Waals surface area (Å²) >= 11 is 1.43. The lowest BCUT2D eigenvalue weighted by atomic mass is 10.0. The third kappa shape index (κ3) is 5.59. The van der Waals surface area contributed by atoms with E-state index >= 15 is 0 Å². The number of carbonyl (C=O) groups excluding carboxylic acids is 1. The van der Waals surface area contributed by atoms with Gasteiger partial charge < -0.3 is 5.32 Å². The zero-order valence-electron chi connectivity index (χ0n) is 16.7. The van der Waals surface area contributed by atoms with Crippen molar-refractivity contribution >= 4 is 17.7 Å². The van der Waals surface area contributed by atoms with Gasteiger partial charge in [0.2, 0.25) is 5.91 Å². The number of benzene rings is 1. The van der Waals surface area contributed by atoms with Crippen molar-refractivity contribution in [2.75, 3.05) is 5.75 Å². The van der Waals surface area contributed by atoms with E-state index in [0.29, 0.717) is 11.7 Å². The minimum atomic E-state index is 0.0411. The minimum Gasteiger partial charge on any atom is -0.353 e. The third-order valence-corrected chi connectivity index (χ3v) is 5.25. The summed E-state index contributed by atoms with van der Waals surface area (Å²) in [6.07, 6.45) is 2.13. The Morgan fingerprint density at radius 1 is 1.15 bits per heavy atom. The first kappa shape index (κ1) is 20.5. The lowest BCUT2D eigenvalue weighted by Gasteiger charge is -2.15. The third-order valence-electron chi connectivity index (χ3n) is 4.32. The van der Waals surface area contributed by atoms with Gasteiger partial charge in [0.25, 0.3) is 0 Å². The molecular formula is C20H30N4OS. The maximum atomic E-state index is 12.3. The molecule has 1 heterocycles. The maximum absolute atomic E-state index is 12.3. The van der Waals surface area contributed by atoms with E-state index in [2.05, 4.69) is 68.3 Å². The second-order valence-corrected chi connectivity index (χ2v) is 8.33. The lowest BCUT2D eigenvalue weighted by Crippen LogP contribution is -2.34. The molecule has 0 bridgehead atoms. The molecule has 1 unspecified atom stereocenters. The van der Waals surface area contributed by atoms with Crippen LogP contribution in [0.2, 0.25) is 0 Å². The Balaban J connectivity index is 2.03. The Morgan fingerprint density at radius 3 is 2.58 bits per heavy atom. The van der Waals surface area contributed by atoms with Crippen LogP contribution in [0.25, 0.3) is 5.69 Å². The van der Waals surface area contributed by atoms with Crippen LogP contribution in [0, 0.1) is 26.7 Å². The number of nitrogens with zero attached hydrogens (tertiary/aromatic N) is 3. The van der Waals surface area contributed by atoms with E-state index in [9.17, 15) is 4.79 Å². The van der Waals surface area contributed by atoms with E-state index in [1.165, 1.54) is 17.3 Å². The molecule has 2 aromatic rings. The number of nitrogens with one attached hydrogen (secondary N) is 1. The highest BCUT2D eigenvalue weighted by molar-refractivity contribution is 7.99. The SMILES string of the molecule is Cc1ccc(C)c(-n2c(C)nnc2SCC(=O)NC(C)CCC(C)C)c1. The van der Waals surface area contributed by atoms with Crippen molar-refractivity contribution in [3.63, 3.8) is 0 Å². The summed E-state index contributed by atoms with van der Waals surface area (Å²) in [6, 6.07) is 6.52. The quantitative estimate of drug-likeness (QED) is 0.703. The number of hydrogen-bond acceptors (Lipinski definition) is 4. The molecule has 6 heteroatoms. The monoisotopic (exact) mass is 374 g/mol. The molecule has 1 amide bonds. The highest BCUT2D eigenvalue weighted by Crippen LogP contribution is 2.24. The van der Waals surface area contributed by atoms with E-state index in [0.717, 1.165) is 35.1 Å². The van der Waals surface area contributed by atoms with Crippen LogP contribution in [0.1, 0.15) is 50.6 Å². The zero-order valence-corrected chi connectivity index (χ0v) is 17.5. The Labute approximate surface area is 161 Å². The topological polar surface area (TPSA) is 59.8 Å². The van der Waals surface area contributed by atoms with E-state index < -0.39 is 0 Å². The fraction of sp³-hybridized carbons (Fsp3) is 0.550. The molecule has 5 nitrogen and oxygen atoms in total. The van der Waals surface area contributed by atoms with Gasteiger partial charge in [-0.25, -0.2) is 0 Å². The first-order valence-corrected chi connectivity index (χ1v) is 10.2. The second kappa shape index (κ2) is 9.21. The van der Waals surface area contributed by atoms with Crippen LogP contribution in [0.5, 0.6) is 0 Å². The molecule has 0 radical (unpaired) electrons. The maximum Gasteiger partial charge on any atom is 0.230 e. The molecular weight excluding hydrogens is 344 g/mol. The van der Waals surface area contributed by atoms with Crippen molar-refractivity contribution in [2.24, 2.45) is 5.92 Å². The van der Waals surface area contributed by atoms with Gasteiger partial charge in [-0.1, -0.05) is 37.7 Å². The Hall–Kier alpha value is -1.82. The van der Waals surface area contributed by atoms with Crippen LogP contribution in [0.4, 0.5) is 0 Å². The molecule has 26 heavy (non-hydrogen) atoms. The molecule has 1 aromatic heterocycles. The van der Waals surface area contributed by atoms with Crippen LogP contribution in [0.3, 0.4) is 0 Å². The summed E-state index contributed by atoms with van der Waals surface area (Å²) in [5.41, 5.74) is 3.42. The first-order chi connectivity index (χ1) is 12.3. The first-order valence-electron chi connectivity index (χ1n) is 9.19. The van der Waals surface area contributed by atoms with Crippen molar-refractivity contribution in [1.82, 2.24) is 20.1 Å². The van der Waals surface area contributed by atoms with Crippen LogP contribution in [-0.2, 0) is 4.79 Å². The van der Waals surface area contributed by atoms with Gasteiger partial charge in [-0.2, -0.15) is 0 Å². The van der Waals surface area contributed by atoms with Gasteiger partial charge in [0.15, 0.2) is 5.16 Å². The molecule has 0 fully saturated rings. The van der Waals surface area contributed by atoms with Gasteiger partial charge in [0.05, 0.1) is 11.4 Å². The van der Waals surface area contributed by atoms with Crippen LogP contribution in [0.15, 0.2) is 23.4 Å². The van der Waals surface area contributed by atoms with Gasteiger partial charge >= 0.3 is 0 Å². The molecule has 0 aliphatic heterocycles. The second-order valence-electron chi connectivity index (χ2n) is 7.38. The van der Waals surface area contributed by atoms with E-state index in [1.807, 2.05) is 11.5 Å². The van der Waals surface area contributed by atoms with E-state index in [4.69, 9.17) is 0 Å². The molecule has 1 aromatic carbocycles. The average molecular weight is 375 g/mol. The van der Waals surface area contributed by atoms with Crippen LogP contribution >= 0.6 is 11.8 Å². The zero-order chi connectivity index (χ0) is 19.3. The normalized spacial score (nSPS) is 12.4. The van der Waals surface area contributed by atoms with Crippen molar-refractivity contribution < 1.29 is 4.79 Å². The molecule has 0 aliphatic carbocycles. The molecule has 142 valence electrons. The molecule has 1 atom stereocenters. The summed E-state index contributed by atoms with van der Waals surface area (Å²) < 4.78 is 2.03. The number of amides is 1. The largest absolute Gasteiger partial charge is 0.353 e. The molecule has 0 spiro atoms. The Kier molecular flexibility index (Phi) is 7.26. The van der Waals surface area contributed by atoms with Gasteiger partial charge in [0.1, 0.15) is 5.82 Å². The number of aryl methyl sites for hydroxylation is 3. The molecule has 2 rings (SSSR count). The number of aromatic nitrogens is 3. The number of rotatable bonds is 8. The Bertz CT molecular complexity index is 754. The van der Waals surface area contributed by atoms with E-state index in [-0.39, 0.29) is 11.9 Å². The summed E-state index contributed by atoms with van der Waals surface area (Å²) in [6.45, 7) is 12.5. The summed E-state index contributed by atoms with van der Waals surface area (Å²) in [5, 5.41) is 12.3. The van der Waals surface area contributed by atoms with Gasteiger partial charge in [-0.15, -0.1) is 10.2 Å². The highest BCUT2D eigenvalue weighted by atomic mass is 32.2. The van der Waals surface area contributed by atoms with E-state index in [1.54, 1.807) is 0 Å². The Morgan fingerprint density at radius 2 is 1.88 bits per heavy atom. The highest BCUT2D eigenvalue weighted by Gasteiger charge is 2.16. The van der Waals surface area contributed by atoms with Crippen molar-refractivity contribution in [2.45, 2.75) is 65.6 Å². The lowest BCUT2D eigenvalue weighted by molar-refractivity contribution is -0.119. The standard InChI is InChI=1S/C20H30N4OS/c1-13(2)7-10-16(5)21-19(25)12-26-20-23-22-17(6)24(20)18-11-14(3)8-9-15(18)4/h8-9,11,13,16H,7,10,12H2,1-6H3,(H,21,25). The fourth-order valence-electron chi connectivity index (χ4n) is 2.78. The number of hydrogen-bond donors (Lipinski definition) is 1. The van der Waals surface area contributed by atoms with Gasteiger partial charge in [-0.3, -0.25) is 9.36 Å². The molecule has 0 saturated carbocycles. The van der Waals surface area contributed by atoms with Crippen molar-refractivity contribution in [1.29, 1.82) is 0 Å². The van der Waals surface area contributed by atoms with Crippen molar-refractivity contribution in [3.05, 3.63) is 35.2 Å².